The van der Waals surface area contributed by atoms with Gasteiger partial charge in [-0.25, -0.2) is 0 Å². The minimum Gasteiger partial charge on any atom is -0.481 e. The number of aliphatic carboxylic acids is 1. The average Bonchev–Trinajstić information content (AvgIpc) is 2.65. The van der Waals surface area contributed by atoms with E-state index in [1.165, 1.54) is 12.1 Å². The molecule has 7 nitrogen and oxygen atoms in total. The van der Waals surface area contributed by atoms with Crippen LogP contribution in [0.4, 0.5) is 11.4 Å². The average molecular weight is 263 g/mol. The zero-order valence-electron chi connectivity index (χ0n) is 10.3. The Balaban J connectivity index is 2.65. The van der Waals surface area contributed by atoms with Crippen LogP contribution in [0.25, 0.3) is 10.9 Å². The maximum Gasteiger partial charge on any atom is 0.303 e. The summed E-state index contributed by atoms with van der Waals surface area (Å²) in [6.45, 7) is 0. The Kier molecular flexibility index (Phi) is 3.12. The Morgan fingerprint density at radius 2 is 2.21 bits per heavy atom. The molecule has 0 spiro atoms. The fraction of sp³-hybridized carbons (Fsp3) is 0.250. The fourth-order valence-electron chi connectivity index (χ4n) is 2.23. The molecule has 100 valence electrons. The van der Waals surface area contributed by atoms with Gasteiger partial charge in [-0.1, -0.05) is 0 Å². The normalized spacial score (nSPS) is 10.8. The molecule has 7 heteroatoms. The van der Waals surface area contributed by atoms with Crippen molar-refractivity contribution in [1.29, 1.82) is 0 Å². The van der Waals surface area contributed by atoms with Crippen molar-refractivity contribution >= 4 is 28.2 Å². The first kappa shape index (κ1) is 12.9. The van der Waals surface area contributed by atoms with Gasteiger partial charge >= 0.3 is 5.97 Å². The number of nitro groups is 1. The maximum absolute atomic E-state index is 11.0. The molecule has 0 aliphatic carbocycles. The first-order chi connectivity index (χ1) is 8.91. The van der Waals surface area contributed by atoms with Crippen LogP contribution in [-0.2, 0) is 18.3 Å². The predicted molar refractivity (Wildman–Crippen MR) is 69.9 cm³/mol. The molecule has 0 atom stereocenters. The number of anilines is 1. The van der Waals surface area contributed by atoms with Crippen molar-refractivity contribution in [3.05, 3.63) is 34.0 Å². The Labute approximate surface area is 108 Å². The molecular formula is C12H13N3O4. The highest BCUT2D eigenvalue weighted by molar-refractivity contribution is 6.00. The van der Waals surface area contributed by atoms with Gasteiger partial charge in [0.25, 0.3) is 5.69 Å². The lowest BCUT2D eigenvalue weighted by Gasteiger charge is -2.02. The number of non-ortho nitro benzene ring substituents is 1. The molecule has 0 bridgehead atoms. The summed E-state index contributed by atoms with van der Waals surface area (Å²) in [7, 11) is 1.68. The van der Waals surface area contributed by atoms with Gasteiger partial charge in [-0.3, -0.25) is 14.9 Å². The number of aromatic nitrogens is 1. The van der Waals surface area contributed by atoms with E-state index >= 15 is 0 Å². The van der Waals surface area contributed by atoms with E-state index in [2.05, 4.69) is 0 Å². The minimum absolute atomic E-state index is 0.0340. The van der Waals surface area contributed by atoms with Crippen LogP contribution >= 0.6 is 0 Å². The lowest BCUT2D eigenvalue weighted by molar-refractivity contribution is -0.383. The van der Waals surface area contributed by atoms with E-state index in [0.717, 1.165) is 0 Å². The van der Waals surface area contributed by atoms with Crippen LogP contribution in [0, 0.1) is 10.1 Å². The number of nitrogens with two attached hydrogens (primary N) is 1. The van der Waals surface area contributed by atoms with Crippen LogP contribution < -0.4 is 5.73 Å². The molecule has 1 heterocycles. The summed E-state index contributed by atoms with van der Waals surface area (Å²) in [5.74, 6) is -0.916. The molecular weight excluding hydrogens is 250 g/mol. The van der Waals surface area contributed by atoms with E-state index in [1.54, 1.807) is 17.8 Å². The molecule has 1 aromatic carbocycles. The Morgan fingerprint density at radius 3 is 2.79 bits per heavy atom. The summed E-state index contributed by atoms with van der Waals surface area (Å²) in [4.78, 5) is 21.2. The number of carboxylic acids is 1. The van der Waals surface area contributed by atoms with Crippen LogP contribution in [0.15, 0.2) is 18.3 Å². The van der Waals surface area contributed by atoms with E-state index in [1.807, 2.05) is 0 Å². The van der Waals surface area contributed by atoms with Gasteiger partial charge in [0.1, 0.15) is 5.52 Å². The molecule has 3 N–H and O–H groups in total. The number of carbonyl (C=O) groups is 1. The number of nitro benzene ring substituents is 1. The van der Waals surface area contributed by atoms with Gasteiger partial charge in [0.15, 0.2) is 0 Å². The third kappa shape index (κ3) is 2.22. The van der Waals surface area contributed by atoms with Crippen molar-refractivity contribution in [2.45, 2.75) is 12.8 Å². The predicted octanol–water partition coefficient (Wildman–Crippen LogP) is 1.69. The number of benzene rings is 1. The van der Waals surface area contributed by atoms with Gasteiger partial charge in [-0.05, 0) is 18.1 Å². The second kappa shape index (κ2) is 4.60. The van der Waals surface area contributed by atoms with Gasteiger partial charge in [-0.15, -0.1) is 0 Å². The van der Waals surface area contributed by atoms with Gasteiger partial charge < -0.3 is 15.4 Å². The van der Waals surface area contributed by atoms with Gasteiger partial charge in [0, 0.05) is 36.8 Å². The molecule has 0 fully saturated rings. The van der Waals surface area contributed by atoms with Gasteiger partial charge in [0.05, 0.1) is 4.92 Å². The Morgan fingerprint density at radius 1 is 1.53 bits per heavy atom. The smallest absolute Gasteiger partial charge is 0.303 e. The minimum atomic E-state index is -0.916. The molecule has 2 rings (SSSR count). The number of hydrogen-bond acceptors (Lipinski definition) is 4. The molecule has 1 aromatic heterocycles. The van der Waals surface area contributed by atoms with E-state index in [4.69, 9.17) is 10.8 Å². The third-order valence-electron chi connectivity index (χ3n) is 3.02. The molecule has 0 amide bonds. The number of fused-ring (bicyclic) bond motifs is 1. The molecule has 0 unspecified atom stereocenters. The largest absolute Gasteiger partial charge is 0.481 e. The van der Waals surface area contributed by atoms with Gasteiger partial charge in [-0.2, -0.15) is 0 Å². The van der Waals surface area contributed by atoms with E-state index < -0.39 is 10.9 Å². The summed E-state index contributed by atoms with van der Waals surface area (Å²) in [5, 5.41) is 20.3. The van der Waals surface area contributed by atoms with E-state index in [-0.39, 0.29) is 18.5 Å². The van der Waals surface area contributed by atoms with Crippen molar-refractivity contribution in [2.24, 2.45) is 7.05 Å². The lowest BCUT2D eigenvalue weighted by Crippen LogP contribution is -1.98. The zero-order valence-corrected chi connectivity index (χ0v) is 10.3. The summed E-state index contributed by atoms with van der Waals surface area (Å²) in [5.41, 5.74) is 7.38. The standard InChI is InChI=1S/C12H13N3O4/c1-14-6-7(2-5-10(16)17)11-8(13)3-4-9(12(11)14)15(18)19/h3-4,6H,2,5,13H2,1H3,(H,16,17). The van der Waals surface area contributed by atoms with Crippen molar-refractivity contribution in [2.75, 3.05) is 5.73 Å². The zero-order chi connectivity index (χ0) is 14.2. The highest BCUT2D eigenvalue weighted by Crippen LogP contribution is 2.34. The number of nitrogen functional groups attached to an aromatic ring is 1. The number of rotatable bonds is 4. The molecule has 0 saturated carbocycles. The summed E-state index contributed by atoms with van der Waals surface area (Å²) >= 11 is 0. The second-order valence-electron chi connectivity index (χ2n) is 4.31. The van der Waals surface area contributed by atoms with Crippen LogP contribution in [0.3, 0.4) is 0 Å². The Hall–Kier alpha value is -2.57. The van der Waals surface area contributed by atoms with Gasteiger partial charge in [0.2, 0.25) is 0 Å². The SMILES string of the molecule is Cn1cc(CCC(=O)O)c2c(N)ccc([N+](=O)[O-])c21. The topological polar surface area (TPSA) is 111 Å². The molecule has 0 aliphatic heterocycles. The van der Waals surface area contributed by atoms with Crippen LogP contribution in [0.5, 0.6) is 0 Å². The molecule has 2 aromatic rings. The number of aryl methyl sites for hydroxylation is 2. The highest BCUT2D eigenvalue weighted by Gasteiger charge is 2.20. The number of carboxylic acid groups (broad SMARTS) is 1. The fourth-order valence-corrected chi connectivity index (χ4v) is 2.23. The van der Waals surface area contributed by atoms with Crippen LogP contribution in [-0.4, -0.2) is 20.6 Å². The lowest BCUT2D eigenvalue weighted by atomic mass is 10.1. The molecule has 19 heavy (non-hydrogen) atoms. The molecule has 0 aliphatic rings. The number of nitrogens with zero attached hydrogens (tertiary/aromatic N) is 2. The van der Waals surface area contributed by atoms with E-state index in [9.17, 15) is 14.9 Å². The van der Waals surface area contributed by atoms with Crippen LogP contribution in [0.1, 0.15) is 12.0 Å². The maximum atomic E-state index is 11.0. The monoisotopic (exact) mass is 263 g/mol. The van der Waals surface area contributed by atoms with Crippen molar-refractivity contribution in [3.63, 3.8) is 0 Å². The van der Waals surface area contributed by atoms with Crippen molar-refractivity contribution < 1.29 is 14.8 Å². The summed E-state index contributed by atoms with van der Waals surface area (Å²) in [6, 6.07) is 2.84. The number of hydrogen-bond donors (Lipinski definition) is 2. The first-order valence-corrected chi connectivity index (χ1v) is 5.64. The third-order valence-corrected chi connectivity index (χ3v) is 3.02. The van der Waals surface area contributed by atoms with E-state index in [0.29, 0.717) is 22.2 Å². The second-order valence-corrected chi connectivity index (χ2v) is 4.31. The van der Waals surface area contributed by atoms with Crippen molar-refractivity contribution in [3.8, 4) is 0 Å². The Bertz CT molecular complexity index is 675. The summed E-state index contributed by atoms with van der Waals surface area (Å²) in [6.07, 6.45) is 1.94. The van der Waals surface area contributed by atoms with Crippen molar-refractivity contribution in [1.82, 2.24) is 4.57 Å². The van der Waals surface area contributed by atoms with Crippen LogP contribution in [0.2, 0.25) is 0 Å². The quantitative estimate of drug-likeness (QED) is 0.495. The highest BCUT2D eigenvalue weighted by atomic mass is 16.6. The molecule has 0 saturated heterocycles. The first-order valence-electron chi connectivity index (χ1n) is 5.64. The summed E-state index contributed by atoms with van der Waals surface area (Å²) < 4.78 is 1.61. The molecule has 0 radical (unpaired) electrons.